The third-order valence-electron chi connectivity index (χ3n) is 7.40. The Balaban J connectivity index is 0.000000681. The second-order valence-electron chi connectivity index (χ2n) is 12.2. The van der Waals surface area contributed by atoms with Crippen LogP contribution in [0.3, 0.4) is 0 Å². The van der Waals surface area contributed by atoms with Crippen LogP contribution in [0, 0.1) is 5.92 Å². The average molecular weight is 780 g/mol. The van der Waals surface area contributed by atoms with Crippen LogP contribution in [0.15, 0.2) is 46.0 Å². The molecule has 1 fully saturated rings. The molecule has 0 unspecified atom stereocenters. The Morgan fingerprint density at radius 3 is 2.04 bits per heavy atom. The molecule has 0 aliphatic carbocycles. The van der Waals surface area contributed by atoms with E-state index in [1.54, 1.807) is 38.1 Å². The number of anilines is 1. The van der Waals surface area contributed by atoms with Crippen molar-refractivity contribution in [1.29, 1.82) is 0 Å². The second kappa shape index (κ2) is 26.0. The van der Waals surface area contributed by atoms with Crippen LogP contribution in [0.5, 0.6) is 0 Å². The first-order chi connectivity index (χ1) is 25.7. The number of nitrogens with zero attached hydrogens (tertiary/aromatic N) is 1. The third-order valence-corrected chi connectivity index (χ3v) is 7.40. The van der Waals surface area contributed by atoms with Crippen LogP contribution in [0.4, 0.5) is 5.69 Å². The van der Waals surface area contributed by atoms with Gasteiger partial charge in [-0.3, -0.25) is 24.0 Å². The number of para-hydroxylation sites is 1. The number of amides is 2. The number of carboxylic acids is 4. The average Bonchev–Trinajstić information content (AvgIpc) is 3.84. The summed E-state index contributed by atoms with van der Waals surface area (Å²) in [6.07, 6.45) is 7.14. The molecule has 0 saturated carbocycles. The first kappa shape index (κ1) is 49.1. The van der Waals surface area contributed by atoms with Crippen molar-refractivity contribution in [2.75, 3.05) is 18.8 Å². The number of hydrogen-bond acceptors (Lipinski definition) is 14. The summed E-state index contributed by atoms with van der Waals surface area (Å²) in [7, 11) is 0. The van der Waals surface area contributed by atoms with Gasteiger partial charge < -0.3 is 69.1 Å². The van der Waals surface area contributed by atoms with Crippen molar-refractivity contribution >= 4 is 52.3 Å². The summed E-state index contributed by atoms with van der Waals surface area (Å²) in [6, 6.07) is 4.07. The highest BCUT2D eigenvalue weighted by Crippen LogP contribution is 2.21. The van der Waals surface area contributed by atoms with Crippen molar-refractivity contribution in [2.45, 2.75) is 83.5 Å². The number of nitrogens with two attached hydrogens (primary N) is 5. The van der Waals surface area contributed by atoms with Crippen LogP contribution >= 0.6 is 0 Å². The number of carboxylic acid groups (broad SMARTS) is 4. The summed E-state index contributed by atoms with van der Waals surface area (Å²) < 4.78 is 4.90. The molecule has 1 saturated heterocycles. The van der Waals surface area contributed by atoms with Gasteiger partial charge in [-0.25, -0.2) is 14.6 Å². The lowest BCUT2D eigenvalue weighted by atomic mass is 10.1. The summed E-state index contributed by atoms with van der Waals surface area (Å²) in [4.78, 5) is 80.5. The van der Waals surface area contributed by atoms with E-state index in [4.69, 9.17) is 53.5 Å². The van der Waals surface area contributed by atoms with Crippen molar-refractivity contribution in [3.8, 4) is 0 Å². The number of H-pyrrole nitrogens is 1. The highest BCUT2D eigenvalue weighted by atomic mass is 16.4. The van der Waals surface area contributed by atoms with Crippen molar-refractivity contribution in [3.05, 3.63) is 58.5 Å². The summed E-state index contributed by atoms with van der Waals surface area (Å²) in [5.74, 6) is -4.87. The van der Waals surface area contributed by atoms with Gasteiger partial charge >= 0.3 is 29.5 Å². The minimum absolute atomic E-state index is 0.0208. The van der Waals surface area contributed by atoms with Crippen LogP contribution in [-0.2, 0) is 30.4 Å². The lowest BCUT2D eigenvalue weighted by Gasteiger charge is -2.11. The molecule has 0 radical (unpaired) electrons. The summed E-state index contributed by atoms with van der Waals surface area (Å²) in [5, 5.41) is 39.4. The van der Waals surface area contributed by atoms with Gasteiger partial charge in [0.15, 0.2) is 0 Å². The molecular formula is C34H53N9O12. The molecule has 306 valence electrons. The molecule has 2 aromatic heterocycles. The summed E-state index contributed by atoms with van der Waals surface area (Å²) in [5.41, 5.74) is 26.2. The van der Waals surface area contributed by atoms with Gasteiger partial charge in [0, 0.05) is 30.6 Å². The zero-order valence-corrected chi connectivity index (χ0v) is 30.9. The van der Waals surface area contributed by atoms with Crippen molar-refractivity contribution in [2.24, 2.45) is 28.9 Å². The number of aromatic nitrogens is 2. The Hall–Kier alpha value is -5.90. The zero-order valence-electron chi connectivity index (χ0n) is 30.9. The fraction of sp³-hybridized carbons (Fsp3) is 0.471. The van der Waals surface area contributed by atoms with Gasteiger partial charge in [0.25, 0.3) is 5.91 Å². The topological polar surface area (TPSA) is 396 Å². The van der Waals surface area contributed by atoms with E-state index >= 15 is 0 Å². The van der Waals surface area contributed by atoms with Crippen molar-refractivity contribution in [1.82, 2.24) is 20.6 Å². The molecule has 0 bridgehead atoms. The molecule has 21 heteroatoms. The molecule has 3 heterocycles. The van der Waals surface area contributed by atoms with E-state index in [-0.39, 0.29) is 35.5 Å². The minimum Gasteiger partial charge on any atom is -0.480 e. The molecule has 2 amide bonds. The smallest absolute Gasteiger partial charge is 0.351 e. The van der Waals surface area contributed by atoms with Gasteiger partial charge in [-0.1, -0.05) is 32.4 Å². The van der Waals surface area contributed by atoms with Gasteiger partial charge in [0.1, 0.15) is 35.3 Å². The number of aliphatic carboxylic acids is 4. The molecule has 4 rings (SSSR count). The van der Waals surface area contributed by atoms with Crippen LogP contribution in [-0.4, -0.2) is 103 Å². The first-order valence-corrected chi connectivity index (χ1v) is 17.0. The van der Waals surface area contributed by atoms with E-state index < -0.39 is 53.5 Å². The maximum atomic E-state index is 11.3. The normalized spacial score (nSPS) is 14.4. The van der Waals surface area contributed by atoms with Crippen molar-refractivity contribution in [3.63, 3.8) is 0 Å². The van der Waals surface area contributed by atoms with Gasteiger partial charge in [-0.15, -0.1) is 0 Å². The molecular weight excluding hydrogens is 726 g/mol. The number of primary amides is 1. The van der Waals surface area contributed by atoms with Gasteiger partial charge in [-0.05, 0) is 56.8 Å². The Bertz CT molecular complexity index is 1710. The van der Waals surface area contributed by atoms with Crippen molar-refractivity contribution < 1.29 is 53.6 Å². The maximum absolute atomic E-state index is 11.3. The van der Waals surface area contributed by atoms with E-state index in [0.29, 0.717) is 29.6 Å². The zero-order chi connectivity index (χ0) is 42.2. The first-order valence-electron chi connectivity index (χ1n) is 17.0. The highest BCUT2D eigenvalue weighted by molar-refractivity contribution is 6.04. The monoisotopic (exact) mass is 779 g/mol. The molecule has 4 atom stereocenters. The van der Waals surface area contributed by atoms with Crippen LogP contribution in [0.25, 0.3) is 11.0 Å². The standard InChI is InChI=1S/C10H8N2O3.C8H11N3O3.C6H14N2O2.C5H9NO2.C5H11NO2/c11-8-5-3-1-2-4-6(5)15-10(14)7(8)9(12)13;1-5(12)11-7(8(13)14)2-6-3-9-4-10-6;7-4-2-1-3-5(8)6(9)10;7-5(8)4-2-1-3-6-4;1-3(2)4(6)5(7)8/h1-4H,11H2,(H2,12,13);3-4,7H,2H2,1H3,(H,9,10)(H,11,12)(H,13,14);5H,1-4,7-8H2,(H,9,10);4,6H,1-3H2,(H,7,8);3-4H,6H2,1-2H3,(H,7,8)/t;7-;5-;2*4-/m.0000/s1. The summed E-state index contributed by atoms with van der Waals surface area (Å²) in [6.45, 7) is 6.30. The number of carbonyl (C=O) groups excluding carboxylic acids is 2. The second-order valence-corrected chi connectivity index (χ2v) is 12.2. The molecule has 55 heavy (non-hydrogen) atoms. The Morgan fingerprint density at radius 1 is 1.00 bits per heavy atom. The number of carbonyl (C=O) groups is 6. The third kappa shape index (κ3) is 19.7. The van der Waals surface area contributed by atoms with Crippen LogP contribution in [0.1, 0.15) is 68.9 Å². The predicted octanol–water partition coefficient (Wildman–Crippen LogP) is -0.580. The summed E-state index contributed by atoms with van der Waals surface area (Å²) >= 11 is 0. The number of aromatic amines is 1. The molecule has 1 aliphatic rings. The molecule has 17 N–H and O–H groups in total. The maximum Gasteiger partial charge on any atom is 0.351 e. The Labute approximate surface area is 316 Å². The molecule has 3 aromatic rings. The van der Waals surface area contributed by atoms with Gasteiger partial charge in [-0.2, -0.15) is 0 Å². The number of nitrogens with one attached hydrogen (secondary N) is 3. The Kier molecular flexibility index (Phi) is 23.2. The molecule has 1 aromatic carbocycles. The van der Waals surface area contributed by atoms with E-state index in [1.807, 2.05) is 0 Å². The predicted molar refractivity (Wildman–Crippen MR) is 201 cm³/mol. The number of fused-ring (bicyclic) bond motifs is 1. The fourth-order valence-electron chi connectivity index (χ4n) is 4.28. The molecule has 21 nitrogen and oxygen atoms in total. The number of nitrogen functional groups attached to an aromatic ring is 1. The quantitative estimate of drug-likeness (QED) is 0.0762. The number of benzene rings is 1. The number of hydrogen-bond donors (Lipinski definition) is 12. The highest BCUT2D eigenvalue weighted by Gasteiger charge is 2.21. The van der Waals surface area contributed by atoms with E-state index in [2.05, 4.69) is 20.6 Å². The minimum atomic E-state index is -1.06. The van der Waals surface area contributed by atoms with Gasteiger partial charge in [0.05, 0.1) is 12.0 Å². The number of rotatable bonds is 13. The van der Waals surface area contributed by atoms with Crippen LogP contribution < -0.4 is 44.9 Å². The lowest BCUT2D eigenvalue weighted by Crippen LogP contribution is -2.41. The van der Waals surface area contributed by atoms with E-state index in [9.17, 15) is 33.6 Å². The number of imidazole rings is 1. The molecule has 1 aliphatic heterocycles. The van der Waals surface area contributed by atoms with Crippen LogP contribution in [0.2, 0.25) is 0 Å². The lowest BCUT2D eigenvalue weighted by molar-refractivity contribution is -0.141. The Morgan fingerprint density at radius 2 is 1.64 bits per heavy atom. The molecule has 0 spiro atoms. The SMILES string of the molecule is CC(=O)N[C@@H](Cc1cnc[nH]1)C(=O)O.CC(C)[C@H](N)C(=O)O.NC(=O)c1c(N)c2ccccc2oc1=O.NCCCC[C@H](N)C(=O)O.O=C(O)[C@@H]1CCCN1. The van der Waals surface area contributed by atoms with Gasteiger partial charge in [0.2, 0.25) is 5.91 Å². The number of unbranched alkanes of at least 4 members (excludes halogenated alkanes) is 1. The largest absolute Gasteiger partial charge is 0.480 e. The fourth-order valence-corrected chi connectivity index (χ4v) is 4.28. The van der Waals surface area contributed by atoms with E-state index in [1.165, 1.54) is 19.4 Å². The van der Waals surface area contributed by atoms with E-state index in [0.717, 1.165) is 32.2 Å².